The van der Waals surface area contributed by atoms with E-state index in [9.17, 15) is 14.0 Å². The number of amides is 1. The number of carboxylic acid groups (broad SMARTS) is 1. The van der Waals surface area contributed by atoms with E-state index in [1.807, 2.05) is 0 Å². The highest BCUT2D eigenvalue weighted by molar-refractivity contribution is 6.35. The highest BCUT2D eigenvalue weighted by atomic mass is 35.5. The Morgan fingerprint density at radius 3 is 2.53 bits per heavy atom. The zero-order valence-corrected chi connectivity index (χ0v) is 20.1. The maximum atomic E-state index is 13.5. The van der Waals surface area contributed by atoms with Crippen LogP contribution in [0.3, 0.4) is 0 Å². The molecule has 2 N–H and O–H groups in total. The molecule has 0 bridgehead atoms. The third kappa shape index (κ3) is 6.02. The van der Waals surface area contributed by atoms with Crippen molar-refractivity contribution >= 4 is 35.1 Å². The van der Waals surface area contributed by atoms with Crippen LogP contribution in [0, 0.1) is 5.82 Å². The molecule has 0 saturated carbocycles. The molecule has 184 valence electrons. The first-order chi connectivity index (χ1) is 17.3. The number of aromatic nitrogens is 1. The monoisotopic (exact) mass is 528 g/mol. The molecular formula is C26H19Cl2FN2O5. The van der Waals surface area contributed by atoms with E-state index in [1.165, 1.54) is 24.3 Å². The molecule has 0 aliphatic carbocycles. The fourth-order valence-corrected chi connectivity index (χ4v) is 3.97. The van der Waals surface area contributed by atoms with Crippen LogP contribution in [-0.4, -0.2) is 35.3 Å². The second-order valence-corrected chi connectivity index (χ2v) is 8.54. The third-order valence-electron chi connectivity index (χ3n) is 5.12. The van der Waals surface area contributed by atoms with Crippen LogP contribution in [0.2, 0.25) is 10.0 Å². The minimum atomic E-state index is -0.988. The van der Waals surface area contributed by atoms with Gasteiger partial charge in [-0.2, -0.15) is 0 Å². The first kappa shape index (κ1) is 25.2. The van der Waals surface area contributed by atoms with E-state index in [1.54, 1.807) is 42.5 Å². The van der Waals surface area contributed by atoms with Crippen molar-refractivity contribution in [2.24, 2.45) is 0 Å². The number of carbonyl (C=O) groups is 2. The number of aliphatic carboxylic acids is 1. The fraction of sp³-hybridized carbons (Fsp3) is 0.115. The topological polar surface area (TPSA) is 102 Å². The second kappa shape index (κ2) is 11.2. The van der Waals surface area contributed by atoms with E-state index in [-0.39, 0.29) is 36.6 Å². The Hall–Kier alpha value is -3.88. The number of hydrogen-bond donors (Lipinski definition) is 2. The van der Waals surface area contributed by atoms with E-state index in [2.05, 4.69) is 10.5 Å². The molecule has 0 unspecified atom stereocenters. The van der Waals surface area contributed by atoms with Gasteiger partial charge in [-0.05, 0) is 54.1 Å². The number of ether oxygens (including phenoxy) is 1. The van der Waals surface area contributed by atoms with E-state index in [0.717, 1.165) is 0 Å². The largest absolute Gasteiger partial charge is 0.490 e. The first-order valence-corrected chi connectivity index (χ1v) is 11.5. The number of rotatable bonds is 9. The molecule has 0 saturated heterocycles. The Bertz CT molecular complexity index is 1410. The van der Waals surface area contributed by atoms with Crippen molar-refractivity contribution in [2.75, 3.05) is 13.2 Å². The molecule has 36 heavy (non-hydrogen) atoms. The number of nitrogens with one attached hydrogen (secondary N) is 1. The van der Waals surface area contributed by atoms with Gasteiger partial charge in [0.2, 0.25) is 0 Å². The average Bonchev–Trinajstić information content (AvgIpc) is 3.28. The molecule has 1 aromatic heterocycles. The van der Waals surface area contributed by atoms with Crippen LogP contribution >= 0.6 is 23.2 Å². The van der Waals surface area contributed by atoms with Gasteiger partial charge in [-0.15, -0.1) is 0 Å². The van der Waals surface area contributed by atoms with Gasteiger partial charge in [-0.1, -0.05) is 46.6 Å². The van der Waals surface area contributed by atoms with Crippen LogP contribution in [0.25, 0.3) is 22.6 Å². The summed E-state index contributed by atoms with van der Waals surface area (Å²) in [7, 11) is 0. The quantitative estimate of drug-likeness (QED) is 0.262. The molecule has 0 fully saturated rings. The van der Waals surface area contributed by atoms with Crippen LogP contribution in [0.15, 0.2) is 71.3 Å². The standard InChI is InChI=1S/C26H19Cl2FN2O5/c27-18-6-9-21(20(28)14-18)35-11-10-30-26(34)23-24(17-3-1-2-15(12-17)13-22(32)33)31-36-25(23)16-4-7-19(29)8-5-16/h1-9,12,14H,10-11,13H2,(H,30,34)(H,32,33). The Labute approximate surface area is 215 Å². The van der Waals surface area contributed by atoms with Crippen molar-refractivity contribution in [3.63, 3.8) is 0 Å². The highest BCUT2D eigenvalue weighted by Crippen LogP contribution is 2.33. The van der Waals surface area contributed by atoms with E-state index >= 15 is 0 Å². The van der Waals surface area contributed by atoms with Crippen LogP contribution in [-0.2, 0) is 11.2 Å². The highest BCUT2D eigenvalue weighted by Gasteiger charge is 2.25. The molecule has 1 amide bonds. The van der Waals surface area contributed by atoms with Crippen molar-refractivity contribution < 1.29 is 28.3 Å². The summed E-state index contributed by atoms with van der Waals surface area (Å²) >= 11 is 12.0. The number of carboxylic acids is 1. The summed E-state index contributed by atoms with van der Waals surface area (Å²) in [5.41, 5.74) is 1.83. The summed E-state index contributed by atoms with van der Waals surface area (Å²) < 4.78 is 24.6. The lowest BCUT2D eigenvalue weighted by Gasteiger charge is -2.10. The molecule has 4 aromatic rings. The summed E-state index contributed by atoms with van der Waals surface area (Å²) in [4.78, 5) is 24.4. The van der Waals surface area contributed by atoms with E-state index in [4.69, 9.17) is 37.6 Å². The predicted octanol–water partition coefficient (Wildman–Crippen LogP) is 5.89. The number of nitrogens with zero attached hydrogens (tertiary/aromatic N) is 1. The molecule has 4 rings (SSSR count). The molecule has 3 aromatic carbocycles. The molecular weight excluding hydrogens is 510 g/mol. The molecule has 1 heterocycles. The van der Waals surface area contributed by atoms with E-state index < -0.39 is 17.7 Å². The normalized spacial score (nSPS) is 10.8. The number of halogens is 3. The van der Waals surface area contributed by atoms with Crippen molar-refractivity contribution in [2.45, 2.75) is 6.42 Å². The van der Waals surface area contributed by atoms with Gasteiger partial charge in [-0.25, -0.2) is 4.39 Å². The molecule has 0 aliphatic rings. The van der Waals surface area contributed by atoms with E-state index in [0.29, 0.717) is 32.5 Å². The van der Waals surface area contributed by atoms with Gasteiger partial charge in [-0.3, -0.25) is 9.59 Å². The van der Waals surface area contributed by atoms with Crippen LogP contribution in [0.4, 0.5) is 4.39 Å². The maximum Gasteiger partial charge on any atom is 0.307 e. The summed E-state index contributed by atoms with van der Waals surface area (Å²) in [5, 5.41) is 16.8. The molecule has 0 spiro atoms. The Kier molecular flexibility index (Phi) is 7.87. The molecule has 0 aliphatic heterocycles. The Morgan fingerprint density at radius 1 is 1.03 bits per heavy atom. The first-order valence-electron chi connectivity index (χ1n) is 10.7. The summed E-state index contributed by atoms with van der Waals surface area (Å²) in [6.45, 7) is 0.248. The van der Waals surface area contributed by atoms with Crippen LogP contribution in [0.1, 0.15) is 15.9 Å². The fourth-order valence-electron chi connectivity index (χ4n) is 3.51. The summed E-state index contributed by atoms with van der Waals surface area (Å²) in [6, 6.07) is 16.9. The molecule has 0 radical (unpaired) electrons. The lowest BCUT2D eigenvalue weighted by atomic mass is 9.99. The van der Waals surface area contributed by atoms with Gasteiger partial charge in [0.05, 0.1) is 18.0 Å². The molecule has 7 nitrogen and oxygen atoms in total. The third-order valence-corrected chi connectivity index (χ3v) is 5.65. The Balaban J connectivity index is 1.59. The number of carbonyl (C=O) groups excluding carboxylic acids is 1. The van der Waals surface area contributed by atoms with Crippen LogP contribution < -0.4 is 10.1 Å². The zero-order chi connectivity index (χ0) is 25.7. The summed E-state index contributed by atoms with van der Waals surface area (Å²) in [5.74, 6) is -1.36. The van der Waals surface area contributed by atoms with Crippen molar-refractivity contribution in [3.8, 4) is 28.3 Å². The number of hydrogen-bond acceptors (Lipinski definition) is 5. The lowest BCUT2D eigenvalue weighted by molar-refractivity contribution is -0.136. The van der Waals surface area contributed by atoms with Gasteiger partial charge in [0.25, 0.3) is 5.91 Å². The van der Waals surface area contributed by atoms with Crippen molar-refractivity contribution in [1.29, 1.82) is 0 Å². The lowest BCUT2D eigenvalue weighted by Crippen LogP contribution is -2.28. The molecule has 10 heteroatoms. The van der Waals surface area contributed by atoms with Crippen LogP contribution in [0.5, 0.6) is 5.75 Å². The minimum Gasteiger partial charge on any atom is -0.490 e. The minimum absolute atomic E-state index is 0.119. The summed E-state index contributed by atoms with van der Waals surface area (Å²) in [6.07, 6.45) is -0.192. The molecule has 0 atom stereocenters. The maximum absolute atomic E-state index is 13.5. The van der Waals surface area contributed by atoms with Gasteiger partial charge < -0.3 is 19.7 Å². The number of benzene rings is 3. The predicted molar refractivity (Wildman–Crippen MR) is 133 cm³/mol. The SMILES string of the molecule is O=C(O)Cc1cccc(-c2noc(-c3ccc(F)cc3)c2C(=O)NCCOc2ccc(Cl)cc2Cl)c1. The van der Waals surface area contributed by atoms with Gasteiger partial charge in [0, 0.05) is 16.1 Å². The smallest absolute Gasteiger partial charge is 0.307 e. The second-order valence-electron chi connectivity index (χ2n) is 7.69. The van der Waals surface area contributed by atoms with Gasteiger partial charge >= 0.3 is 5.97 Å². The van der Waals surface area contributed by atoms with Gasteiger partial charge in [0.1, 0.15) is 29.4 Å². The van der Waals surface area contributed by atoms with Crippen molar-refractivity contribution in [1.82, 2.24) is 10.5 Å². The Morgan fingerprint density at radius 2 is 1.81 bits per heavy atom. The zero-order valence-electron chi connectivity index (χ0n) is 18.6. The van der Waals surface area contributed by atoms with Gasteiger partial charge in [0.15, 0.2) is 5.76 Å². The average molecular weight is 529 g/mol. The van der Waals surface area contributed by atoms with Crippen molar-refractivity contribution in [3.05, 3.63) is 93.7 Å².